The van der Waals surface area contributed by atoms with E-state index in [0.29, 0.717) is 24.6 Å². The summed E-state index contributed by atoms with van der Waals surface area (Å²) in [4.78, 5) is 29.6. The van der Waals surface area contributed by atoms with Gasteiger partial charge in [0.1, 0.15) is 5.56 Å². The number of thiophene rings is 1. The molecule has 1 fully saturated rings. The number of pyridine rings is 1. The highest BCUT2D eigenvalue weighted by Crippen LogP contribution is 2.25. The van der Waals surface area contributed by atoms with Gasteiger partial charge in [0.05, 0.1) is 6.54 Å². The fourth-order valence-corrected chi connectivity index (χ4v) is 5.81. The van der Waals surface area contributed by atoms with Gasteiger partial charge in [-0.1, -0.05) is 32.0 Å². The first kappa shape index (κ1) is 21.8. The summed E-state index contributed by atoms with van der Waals surface area (Å²) < 4.78 is 3.41. The molecule has 0 spiro atoms. The lowest BCUT2D eigenvalue weighted by Gasteiger charge is -2.27. The number of nitrogens with zero attached hydrogens (tertiary/aromatic N) is 2. The molecule has 1 amide bonds. The van der Waals surface area contributed by atoms with Crippen molar-refractivity contribution in [1.29, 1.82) is 0 Å². The van der Waals surface area contributed by atoms with Crippen LogP contribution in [0, 0.1) is 6.92 Å². The molecule has 6 heteroatoms. The first-order valence-corrected chi connectivity index (χ1v) is 12.1. The molecule has 1 aliphatic rings. The van der Waals surface area contributed by atoms with Crippen LogP contribution < -0.4 is 10.7 Å². The second kappa shape index (κ2) is 9.37. The second-order valence-electron chi connectivity index (χ2n) is 8.29. The van der Waals surface area contributed by atoms with Gasteiger partial charge in [0.15, 0.2) is 5.43 Å². The normalized spacial score (nSPS) is 16.8. The van der Waals surface area contributed by atoms with Crippen LogP contribution in [-0.2, 0) is 19.5 Å². The Kier molecular flexibility index (Phi) is 6.58. The van der Waals surface area contributed by atoms with Gasteiger partial charge in [0.25, 0.3) is 5.91 Å². The van der Waals surface area contributed by atoms with Gasteiger partial charge < -0.3 is 9.88 Å². The first-order valence-electron chi connectivity index (χ1n) is 11.2. The summed E-state index contributed by atoms with van der Waals surface area (Å²) >= 11 is 1.67. The molecule has 0 unspecified atom stereocenters. The zero-order valence-electron chi connectivity index (χ0n) is 18.6. The Morgan fingerprint density at radius 1 is 1.23 bits per heavy atom. The quantitative estimate of drug-likeness (QED) is 0.598. The molecule has 1 saturated heterocycles. The van der Waals surface area contributed by atoms with Crippen molar-refractivity contribution in [1.82, 2.24) is 14.8 Å². The third-order valence-corrected chi connectivity index (χ3v) is 7.50. The molecule has 0 bridgehead atoms. The summed E-state index contributed by atoms with van der Waals surface area (Å²) in [5.74, 6) is -0.271. The summed E-state index contributed by atoms with van der Waals surface area (Å²) in [6.07, 6.45) is 3.03. The van der Waals surface area contributed by atoms with E-state index in [2.05, 4.69) is 39.9 Å². The van der Waals surface area contributed by atoms with Crippen molar-refractivity contribution >= 4 is 27.3 Å². The zero-order valence-corrected chi connectivity index (χ0v) is 19.4. The summed E-state index contributed by atoms with van der Waals surface area (Å²) in [5.41, 5.74) is 1.90. The highest BCUT2D eigenvalue weighted by atomic mass is 32.1. The molecular weight excluding hydrogens is 406 g/mol. The molecule has 3 aromatic rings. The molecule has 1 N–H and O–H groups in total. The molecule has 1 aliphatic heterocycles. The monoisotopic (exact) mass is 437 g/mol. The van der Waals surface area contributed by atoms with Gasteiger partial charge in [-0.15, -0.1) is 11.3 Å². The van der Waals surface area contributed by atoms with Crippen molar-refractivity contribution in [3.63, 3.8) is 0 Å². The van der Waals surface area contributed by atoms with Crippen LogP contribution in [0.2, 0.25) is 0 Å². The molecule has 1 aromatic carbocycles. The van der Waals surface area contributed by atoms with E-state index < -0.39 is 0 Å². The number of rotatable bonds is 7. The van der Waals surface area contributed by atoms with E-state index in [1.165, 1.54) is 16.5 Å². The molecule has 0 aliphatic carbocycles. The Bertz CT molecular complexity index is 1110. The van der Waals surface area contributed by atoms with E-state index in [0.717, 1.165) is 42.3 Å². The SMILES string of the molecule is CCc1c(C(=O)NCc2cc3ccccc3s2)c(=O)cc(C)n1C[C@H]1CCCN1CC. The van der Waals surface area contributed by atoms with Crippen LogP contribution >= 0.6 is 11.3 Å². The topological polar surface area (TPSA) is 54.3 Å². The number of carbonyl (C=O) groups is 1. The maximum Gasteiger partial charge on any atom is 0.257 e. The molecule has 1 atom stereocenters. The van der Waals surface area contributed by atoms with Gasteiger partial charge in [-0.3, -0.25) is 14.5 Å². The number of likely N-dealkylation sites (N-methyl/N-ethyl adjacent to an activating group) is 1. The van der Waals surface area contributed by atoms with Gasteiger partial charge in [0, 0.05) is 39.6 Å². The molecule has 0 radical (unpaired) electrons. The summed E-state index contributed by atoms with van der Waals surface area (Å²) in [5, 5.41) is 4.18. The molecule has 3 heterocycles. The number of carbonyl (C=O) groups excluding carboxylic acids is 1. The Balaban J connectivity index is 1.58. The van der Waals surface area contributed by atoms with E-state index in [-0.39, 0.29) is 11.3 Å². The number of likely N-dealkylation sites (tertiary alicyclic amines) is 1. The average Bonchev–Trinajstić information content (AvgIpc) is 3.39. The van der Waals surface area contributed by atoms with Crippen LogP contribution in [0.25, 0.3) is 10.1 Å². The van der Waals surface area contributed by atoms with Crippen LogP contribution in [0.4, 0.5) is 0 Å². The Morgan fingerprint density at radius 3 is 2.77 bits per heavy atom. The maximum atomic E-state index is 13.1. The van der Waals surface area contributed by atoms with Crippen LogP contribution in [0.1, 0.15) is 53.3 Å². The number of hydrogen-bond acceptors (Lipinski definition) is 4. The lowest BCUT2D eigenvalue weighted by Crippen LogP contribution is -2.37. The maximum absolute atomic E-state index is 13.1. The van der Waals surface area contributed by atoms with Gasteiger partial charge in [-0.25, -0.2) is 0 Å². The molecule has 5 nitrogen and oxygen atoms in total. The fraction of sp³-hybridized carbons (Fsp3) is 0.440. The average molecular weight is 438 g/mol. The minimum atomic E-state index is -0.271. The second-order valence-corrected chi connectivity index (χ2v) is 9.46. The van der Waals surface area contributed by atoms with E-state index in [1.807, 2.05) is 26.0 Å². The number of hydrogen-bond donors (Lipinski definition) is 1. The van der Waals surface area contributed by atoms with Gasteiger partial charge >= 0.3 is 0 Å². The zero-order chi connectivity index (χ0) is 22.0. The number of aromatic nitrogens is 1. The largest absolute Gasteiger partial charge is 0.347 e. The minimum absolute atomic E-state index is 0.182. The minimum Gasteiger partial charge on any atom is -0.347 e. The molecule has 31 heavy (non-hydrogen) atoms. The number of aryl methyl sites for hydroxylation is 1. The summed E-state index contributed by atoms with van der Waals surface area (Å²) in [6, 6.07) is 12.4. The van der Waals surface area contributed by atoms with E-state index >= 15 is 0 Å². The number of nitrogens with one attached hydrogen (secondary N) is 1. The van der Waals surface area contributed by atoms with Crippen molar-refractivity contribution in [2.24, 2.45) is 0 Å². The fourth-order valence-electron chi connectivity index (χ4n) is 4.80. The smallest absolute Gasteiger partial charge is 0.257 e. The third kappa shape index (κ3) is 4.46. The third-order valence-electron chi connectivity index (χ3n) is 6.39. The lowest BCUT2D eigenvalue weighted by molar-refractivity contribution is 0.0948. The highest BCUT2D eigenvalue weighted by molar-refractivity contribution is 7.19. The van der Waals surface area contributed by atoms with Crippen LogP contribution in [0.3, 0.4) is 0 Å². The standard InChI is InChI=1S/C25H31N3O2S/c1-4-21-24(25(30)26-15-20-14-18-9-6-7-11-23(18)31-20)22(29)13-17(3)28(21)16-19-10-8-12-27(19)5-2/h6-7,9,11,13-14,19H,4-5,8,10,12,15-16H2,1-3H3,(H,26,30)/t19-/m1/s1. The van der Waals surface area contributed by atoms with E-state index in [1.54, 1.807) is 17.4 Å². The molecule has 2 aromatic heterocycles. The molecular formula is C25H31N3O2S. The Hall–Kier alpha value is -2.44. The van der Waals surface area contributed by atoms with Crippen LogP contribution in [0.15, 0.2) is 41.2 Å². The van der Waals surface area contributed by atoms with Crippen molar-refractivity contribution < 1.29 is 4.79 Å². The van der Waals surface area contributed by atoms with Crippen molar-refractivity contribution in [2.75, 3.05) is 13.1 Å². The predicted octanol–water partition coefficient (Wildman–Crippen LogP) is 4.35. The number of fused-ring (bicyclic) bond motifs is 1. The van der Waals surface area contributed by atoms with Crippen molar-refractivity contribution in [3.05, 3.63) is 68.4 Å². The first-order chi connectivity index (χ1) is 15.0. The van der Waals surface area contributed by atoms with Crippen LogP contribution in [-0.4, -0.2) is 34.5 Å². The van der Waals surface area contributed by atoms with E-state index in [9.17, 15) is 9.59 Å². The van der Waals surface area contributed by atoms with Crippen molar-refractivity contribution in [2.45, 2.75) is 59.2 Å². The van der Waals surface area contributed by atoms with E-state index in [4.69, 9.17) is 0 Å². The summed E-state index contributed by atoms with van der Waals surface area (Å²) in [7, 11) is 0. The van der Waals surface area contributed by atoms with Gasteiger partial charge in [-0.05, 0) is 56.8 Å². The van der Waals surface area contributed by atoms with Crippen molar-refractivity contribution in [3.8, 4) is 0 Å². The van der Waals surface area contributed by atoms with Gasteiger partial charge in [-0.2, -0.15) is 0 Å². The Morgan fingerprint density at radius 2 is 2.03 bits per heavy atom. The number of amides is 1. The summed E-state index contributed by atoms with van der Waals surface area (Å²) in [6.45, 7) is 9.63. The lowest BCUT2D eigenvalue weighted by atomic mass is 10.1. The van der Waals surface area contributed by atoms with Gasteiger partial charge in [0.2, 0.25) is 0 Å². The highest BCUT2D eigenvalue weighted by Gasteiger charge is 2.26. The molecule has 4 rings (SSSR count). The molecule has 164 valence electrons. The number of benzene rings is 1. The predicted molar refractivity (Wildman–Crippen MR) is 128 cm³/mol. The molecule has 0 saturated carbocycles. The van der Waals surface area contributed by atoms with Crippen LogP contribution in [0.5, 0.6) is 0 Å². The Labute approximate surface area is 187 Å².